The van der Waals surface area contributed by atoms with Crippen molar-refractivity contribution in [3.63, 3.8) is 0 Å². The zero-order chi connectivity index (χ0) is 22.7. The fourth-order valence-electron chi connectivity index (χ4n) is 3.97. The number of benzene rings is 2. The van der Waals surface area contributed by atoms with Gasteiger partial charge in [0.2, 0.25) is 15.9 Å². The van der Waals surface area contributed by atoms with Gasteiger partial charge in [0, 0.05) is 44.2 Å². The Labute approximate surface area is 193 Å². The maximum Gasteiger partial charge on any atom is 0.243 e. The summed E-state index contributed by atoms with van der Waals surface area (Å²) in [7, 11) is -3.60. The molecule has 9 heteroatoms. The molecule has 1 aliphatic heterocycles. The zero-order valence-electron chi connectivity index (χ0n) is 17.8. The fourth-order valence-corrected chi connectivity index (χ4v) is 5.68. The van der Waals surface area contributed by atoms with Crippen LogP contribution in [-0.2, 0) is 21.4 Å². The van der Waals surface area contributed by atoms with E-state index in [1.807, 2.05) is 0 Å². The molecular weight excluding hydrogens is 453 g/mol. The number of hydrogen-bond acceptors (Lipinski definition) is 4. The van der Waals surface area contributed by atoms with Crippen LogP contribution < -0.4 is 5.32 Å². The van der Waals surface area contributed by atoms with Crippen LogP contribution in [0.25, 0.3) is 0 Å². The number of hydrogen-bond donors (Lipinski definition) is 1. The van der Waals surface area contributed by atoms with Crippen molar-refractivity contribution in [2.24, 2.45) is 0 Å². The summed E-state index contributed by atoms with van der Waals surface area (Å²) in [4.78, 5) is 14.9. The van der Waals surface area contributed by atoms with Crippen LogP contribution >= 0.6 is 11.6 Å². The van der Waals surface area contributed by atoms with E-state index < -0.39 is 10.0 Å². The molecule has 1 aliphatic carbocycles. The number of anilines is 1. The van der Waals surface area contributed by atoms with E-state index in [1.54, 1.807) is 18.2 Å². The highest BCUT2D eigenvalue weighted by atomic mass is 35.5. The third-order valence-electron chi connectivity index (χ3n) is 5.94. The van der Waals surface area contributed by atoms with E-state index in [1.165, 1.54) is 28.6 Å². The Morgan fingerprint density at radius 2 is 1.88 bits per heavy atom. The number of carbonyl (C=O) groups is 1. The maximum atomic E-state index is 14.0. The van der Waals surface area contributed by atoms with E-state index in [0.717, 1.165) is 25.7 Å². The summed E-state index contributed by atoms with van der Waals surface area (Å²) in [5.41, 5.74) is 0.895. The molecule has 4 rings (SSSR count). The second-order valence-electron chi connectivity index (χ2n) is 8.34. The average molecular weight is 480 g/mol. The Morgan fingerprint density at radius 3 is 2.56 bits per heavy atom. The van der Waals surface area contributed by atoms with E-state index in [4.69, 9.17) is 11.6 Å². The molecule has 0 atom stereocenters. The summed E-state index contributed by atoms with van der Waals surface area (Å²) in [6.45, 7) is 1.94. The van der Waals surface area contributed by atoms with Crippen LogP contribution in [0, 0.1) is 5.82 Å². The molecule has 6 nitrogen and oxygen atoms in total. The molecular formula is C23H27ClFN3O3S. The molecule has 172 valence electrons. The molecule has 0 spiro atoms. The van der Waals surface area contributed by atoms with Gasteiger partial charge in [0.15, 0.2) is 0 Å². The van der Waals surface area contributed by atoms with Gasteiger partial charge < -0.3 is 5.32 Å². The van der Waals surface area contributed by atoms with Crippen LogP contribution in [0.4, 0.5) is 10.1 Å². The van der Waals surface area contributed by atoms with Gasteiger partial charge in [-0.3, -0.25) is 9.69 Å². The third-order valence-corrected chi connectivity index (χ3v) is 8.16. The Balaban J connectivity index is 1.39. The van der Waals surface area contributed by atoms with Crippen molar-refractivity contribution in [1.29, 1.82) is 0 Å². The van der Waals surface area contributed by atoms with Crippen LogP contribution in [-0.4, -0.2) is 49.2 Å². The number of nitrogens with one attached hydrogen (secondary N) is 1. The van der Waals surface area contributed by atoms with Crippen LogP contribution in [0.15, 0.2) is 47.4 Å². The Morgan fingerprint density at radius 1 is 1.16 bits per heavy atom. The summed E-state index contributed by atoms with van der Waals surface area (Å²) in [6.07, 6.45) is 3.97. The van der Waals surface area contributed by atoms with E-state index in [9.17, 15) is 17.6 Å². The molecule has 0 radical (unpaired) electrons. The molecule has 2 fully saturated rings. The molecule has 1 N–H and O–H groups in total. The van der Waals surface area contributed by atoms with E-state index in [2.05, 4.69) is 10.2 Å². The molecule has 1 amide bonds. The summed E-state index contributed by atoms with van der Waals surface area (Å²) in [5, 5.41) is 3.03. The van der Waals surface area contributed by atoms with Gasteiger partial charge in [-0.1, -0.05) is 29.8 Å². The van der Waals surface area contributed by atoms with Gasteiger partial charge in [0.25, 0.3) is 0 Å². The van der Waals surface area contributed by atoms with Crippen LogP contribution in [0.2, 0.25) is 5.02 Å². The van der Waals surface area contributed by atoms with Crippen molar-refractivity contribution in [1.82, 2.24) is 9.21 Å². The van der Waals surface area contributed by atoms with Crippen LogP contribution in [0.5, 0.6) is 0 Å². The zero-order valence-corrected chi connectivity index (χ0v) is 19.3. The second-order valence-corrected chi connectivity index (χ2v) is 10.7. The Kier molecular flexibility index (Phi) is 7.14. The normalized spacial score (nSPS) is 17.1. The van der Waals surface area contributed by atoms with Gasteiger partial charge in [-0.25, -0.2) is 12.8 Å². The first-order valence-corrected chi connectivity index (χ1v) is 12.7. The van der Waals surface area contributed by atoms with Gasteiger partial charge in [0.05, 0.1) is 15.6 Å². The lowest BCUT2D eigenvalue weighted by Crippen LogP contribution is -2.30. The van der Waals surface area contributed by atoms with Gasteiger partial charge in [-0.2, -0.15) is 4.31 Å². The molecule has 2 aromatic carbocycles. The van der Waals surface area contributed by atoms with Gasteiger partial charge in [-0.15, -0.1) is 0 Å². The van der Waals surface area contributed by atoms with Gasteiger partial charge in [0.1, 0.15) is 5.82 Å². The Bertz CT molecular complexity index is 1090. The number of carbonyl (C=O) groups excluding carboxylic acids is 1. The highest BCUT2D eigenvalue weighted by Crippen LogP contribution is 2.30. The van der Waals surface area contributed by atoms with Crippen molar-refractivity contribution in [2.75, 3.05) is 25.0 Å². The quantitative estimate of drug-likeness (QED) is 0.583. The third kappa shape index (κ3) is 5.49. The first-order valence-electron chi connectivity index (χ1n) is 10.9. The lowest BCUT2D eigenvalue weighted by atomic mass is 10.2. The minimum Gasteiger partial charge on any atom is -0.325 e. The van der Waals surface area contributed by atoms with Crippen molar-refractivity contribution in [3.8, 4) is 0 Å². The predicted octanol–water partition coefficient (Wildman–Crippen LogP) is 4.26. The molecule has 0 bridgehead atoms. The van der Waals surface area contributed by atoms with E-state index >= 15 is 0 Å². The summed E-state index contributed by atoms with van der Waals surface area (Å²) in [5.74, 6) is -0.507. The highest BCUT2D eigenvalue weighted by molar-refractivity contribution is 7.89. The second kappa shape index (κ2) is 9.87. The van der Waals surface area contributed by atoms with E-state index in [0.29, 0.717) is 37.8 Å². The molecule has 1 saturated carbocycles. The number of sulfonamides is 1. The number of amides is 1. The first-order chi connectivity index (χ1) is 15.3. The van der Waals surface area contributed by atoms with Crippen molar-refractivity contribution in [3.05, 3.63) is 58.9 Å². The number of nitrogens with zero attached hydrogens (tertiary/aromatic N) is 2. The largest absolute Gasteiger partial charge is 0.325 e. The van der Waals surface area contributed by atoms with Crippen molar-refractivity contribution < 1.29 is 17.6 Å². The Hall–Kier alpha value is -2.00. The van der Waals surface area contributed by atoms with Gasteiger partial charge in [-0.05, 0) is 49.9 Å². The standard InChI is InChI=1S/C23H27ClFN3O3S/c24-20-10-9-19(32(30,31)28-12-3-4-13-28)15-22(20)26-23(29)11-14-27(18-7-8-18)16-17-5-1-2-6-21(17)25/h1-2,5-6,9-10,15,18H,3-4,7-8,11-14,16H2,(H,26,29). The summed E-state index contributed by atoms with van der Waals surface area (Å²) < 4.78 is 41.1. The monoisotopic (exact) mass is 479 g/mol. The van der Waals surface area contributed by atoms with Gasteiger partial charge >= 0.3 is 0 Å². The lowest BCUT2D eigenvalue weighted by molar-refractivity contribution is -0.116. The van der Waals surface area contributed by atoms with Crippen LogP contribution in [0.3, 0.4) is 0 Å². The SMILES string of the molecule is O=C(CCN(Cc1ccccc1F)C1CC1)Nc1cc(S(=O)(=O)N2CCCC2)ccc1Cl. The number of halogens is 2. The average Bonchev–Trinajstić information content (AvgIpc) is 3.45. The van der Waals surface area contributed by atoms with E-state index in [-0.39, 0.29) is 33.8 Å². The summed E-state index contributed by atoms with van der Waals surface area (Å²) >= 11 is 6.22. The first kappa shape index (κ1) is 23.2. The predicted molar refractivity (Wildman–Crippen MR) is 123 cm³/mol. The molecule has 2 aromatic rings. The minimum atomic E-state index is -3.60. The molecule has 1 heterocycles. The molecule has 2 aliphatic rings. The smallest absolute Gasteiger partial charge is 0.243 e. The molecule has 1 saturated heterocycles. The fraction of sp³-hybridized carbons (Fsp3) is 0.435. The van der Waals surface area contributed by atoms with Crippen molar-refractivity contribution >= 4 is 33.2 Å². The van der Waals surface area contributed by atoms with Crippen LogP contribution in [0.1, 0.15) is 37.7 Å². The summed E-state index contributed by atoms with van der Waals surface area (Å²) in [6, 6.07) is 11.4. The van der Waals surface area contributed by atoms with Crippen molar-refractivity contribution in [2.45, 2.75) is 49.6 Å². The lowest BCUT2D eigenvalue weighted by Gasteiger charge is -2.22. The molecule has 32 heavy (non-hydrogen) atoms. The minimum absolute atomic E-state index is 0.123. The number of rotatable bonds is 9. The molecule has 0 unspecified atom stereocenters. The highest BCUT2D eigenvalue weighted by Gasteiger charge is 2.30. The topological polar surface area (TPSA) is 69.7 Å². The maximum absolute atomic E-state index is 14.0. The molecule has 0 aromatic heterocycles.